The third-order valence-corrected chi connectivity index (χ3v) is 4.44. The number of hydrogen-bond acceptors (Lipinski definition) is 3. The molecule has 0 saturated carbocycles. The molecule has 3 aromatic rings. The molecule has 3 rings (SSSR count). The Kier molecular flexibility index (Phi) is 4.66. The number of carbonyl (C=O) groups excluding carboxylic acids is 1. The lowest BCUT2D eigenvalue weighted by Crippen LogP contribution is -2.27. The molecule has 1 aromatic heterocycles. The predicted molar refractivity (Wildman–Crippen MR) is 89.8 cm³/mol. The van der Waals surface area contributed by atoms with Gasteiger partial charge in [0.2, 0.25) is 0 Å². The highest BCUT2D eigenvalue weighted by atomic mass is 32.1. The van der Waals surface area contributed by atoms with E-state index in [-0.39, 0.29) is 5.91 Å². The molecule has 1 amide bonds. The van der Waals surface area contributed by atoms with Crippen molar-refractivity contribution >= 4 is 17.2 Å². The van der Waals surface area contributed by atoms with Gasteiger partial charge >= 0.3 is 0 Å². The quantitative estimate of drug-likeness (QED) is 0.753. The third-order valence-electron chi connectivity index (χ3n) is 3.55. The normalized spacial score (nSPS) is 12.0. The summed E-state index contributed by atoms with van der Waals surface area (Å²) in [5, 5.41) is 5.17. The van der Waals surface area contributed by atoms with Crippen LogP contribution in [0.3, 0.4) is 0 Å². The lowest BCUT2D eigenvalue weighted by atomic mass is 10.1. The number of nitrogens with one attached hydrogen (secondary N) is 1. The minimum Gasteiger partial charge on any atom is -0.344 e. The fraction of sp³-hybridized carbons (Fsp3) is 0.111. The molecule has 2 aromatic carbocycles. The molecule has 0 spiro atoms. The van der Waals surface area contributed by atoms with E-state index < -0.39 is 17.7 Å². The third kappa shape index (κ3) is 3.49. The molecule has 0 saturated heterocycles. The van der Waals surface area contributed by atoms with Crippen molar-refractivity contribution in [2.24, 2.45) is 0 Å². The smallest absolute Gasteiger partial charge is 0.271 e. The topological polar surface area (TPSA) is 42.0 Å². The average molecular weight is 344 g/mol. The number of hydrogen-bond donors (Lipinski definition) is 1. The van der Waals surface area contributed by atoms with Gasteiger partial charge in [-0.1, -0.05) is 36.4 Å². The minimum absolute atomic E-state index is 0.299. The molecule has 0 bridgehead atoms. The van der Waals surface area contributed by atoms with Crippen LogP contribution >= 0.6 is 11.3 Å². The second-order valence-electron chi connectivity index (χ2n) is 5.27. The molecule has 6 heteroatoms. The Hall–Kier alpha value is -2.60. The van der Waals surface area contributed by atoms with E-state index in [4.69, 9.17) is 0 Å². The molecule has 1 atom stereocenters. The summed E-state index contributed by atoms with van der Waals surface area (Å²) in [6.45, 7) is 1.70. The fourth-order valence-electron chi connectivity index (χ4n) is 2.23. The van der Waals surface area contributed by atoms with Crippen molar-refractivity contribution in [3.63, 3.8) is 0 Å². The van der Waals surface area contributed by atoms with Gasteiger partial charge in [-0.3, -0.25) is 4.79 Å². The molecule has 0 aliphatic carbocycles. The Morgan fingerprint density at radius 3 is 2.58 bits per heavy atom. The molecule has 3 nitrogen and oxygen atoms in total. The lowest BCUT2D eigenvalue weighted by Gasteiger charge is -2.13. The highest BCUT2D eigenvalue weighted by molar-refractivity contribution is 7.13. The van der Waals surface area contributed by atoms with Gasteiger partial charge in [0.05, 0.1) is 6.04 Å². The zero-order chi connectivity index (χ0) is 17.1. The van der Waals surface area contributed by atoms with E-state index in [1.807, 2.05) is 30.3 Å². The van der Waals surface area contributed by atoms with Crippen molar-refractivity contribution < 1.29 is 13.6 Å². The van der Waals surface area contributed by atoms with Gasteiger partial charge in [-0.2, -0.15) is 0 Å². The first-order chi connectivity index (χ1) is 11.5. The van der Waals surface area contributed by atoms with E-state index in [1.54, 1.807) is 12.3 Å². The number of benzene rings is 2. The van der Waals surface area contributed by atoms with Gasteiger partial charge in [0.15, 0.2) is 11.6 Å². The monoisotopic (exact) mass is 344 g/mol. The molecular weight excluding hydrogens is 330 g/mol. The zero-order valence-electron chi connectivity index (χ0n) is 12.8. The van der Waals surface area contributed by atoms with Crippen molar-refractivity contribution in [1.82, 2.24) is 10.3 Å². The maximum atomic E-state index is 13.3. The molecule has 122 valence electrons. The van der Waals surface area contributed by atoms with Crippen LogP contribution in [-0.2, 0) is 0 Å². The number of rotatable bonds is 4. The lowest BCUT2D eigenvalue weighted by molar-refractivity contribution is 0.0935. The number of nitrogens with zero attached hydrogens (tertiary/aromatic N) is 1. The van der Waals surface area contributed by atoms with Crippen LogP contribution in [0.5, 0.6) is 0 Å². The van der Waals surface area contributed by atoms with E-state index in [0.29, 0.717) is 11.3 Å². The Bertz CT molecular complexity index is 864. The summed E-state index contributed by atoms with van der Waals surface area (Å²) in [7, 11) is 0. The van der Waals surface area contributed by atoms with E-state index in [9.17, 15) is 13.6 Å². The van der Waals surface area contributed by atoms with Gasteiger partial charge in [-0.15, -0.1) is 11.3 Å². The van der Waals surface area contributed by atoms with E-state index in [1.165, 1.54) is 17.4 Å². The van der Waals surface area contributed by atoms with Crippen LogP contribution in [0.1, 0.15) is 29.0 Å². The Balaban J connectivity index is 1.73. The van der Waals surface area contributed by atoms with Crippen molar-refractivity contribution in [3.05, 3.63) is 76.8 Å². The molecule has 0 unspecified atom stereocenters. The largest absolute Gasteiger partial charge is 0.344 e. The molecular formula is C18H14F2N2OS. The molecule has 0 fully saturated rings. The summed E-state index contributed by atoms with van der Waals surface area (Å²) in [5.74, 6) is -2.21. The highest BCUT2D eigenvalue weighted by Gasteiger charge is 2.16. The second-order valence-corrected chi connectivity index (χ2v) is 6.13. The summed E-state index contributed by atoms with van der Waals surface area (Å²) >= 11 is 1.38. The first-order valence-electron chi connectivity index (χ1n) is 7.31. The van der Waals surface area contributed by atoms with E-state index in [0.717, 1.165) is 22.7 Å². The molecule has 1 heterocycles. The zero-order valence-corrected chi connectivity index (χ0v) is 13.6. The van der Waals surface area contributed by atoms with Crippen LogP contribution in [0.15, 0.2) is 53.9 Å². The first kappa shape index (κ1) is 16.3. The van der Waals surface area contributed by atoms with Gasteiger partial charge < -0.3 is 5.32 Å². The van der Waals surface area contributed by atoms with Crippen molar-refractivity contribution in [3.8, 4) is 10.6 Å². The van der Waals surface area contributed by atoms with Crippen molar-refractivity contribution in [2.75, 3.05) is 0 Å². The van der Waals surface area contributed by atoms with Crippen LogP contribution in [-0.4, -0.2) is 10.9 Å². The molecule has 0 aliphatic rings. The summed E-state index contributed by atoms with van der Waals surface area (Å²) in [6, 6.07) is 12.7. The van der Waals surface area contributed by atoms with Gasteiger partial charge in [0, 0.05) is 10.9 Å². The number of amides is 1. The second kappa shape index (κ2) is 6.88. The molecule has 24 heavy (non-hydrogen) atoms. The van der Waals surface area contributed by atoms with Crippen LogP contribution in [0.4, 0.5) is 8.78 Å². The predicted octanol–water partition coefficient (Wildman–Crippen LogP) is 4.58. The standard InChI is InChI=1S/C18H14F2N2OS/c1-11(13-7-8-14(19)15(20)9-13)21-17(23)16-10-24-18(22-16)12-5-3-2-4-6-12/h2-11H,1H3,(H,21,23)/t11-/m0/s1. The highest BCUT2D eigenvalue weighted by Crippen LogP contribution is 2.24. The van der Waals surface area contributed by atoms with Gasteiger partial charge in [-0.05, 0) is 24.6 Å². The summed E-state index contributed by atoms with van der Waals surface area (Å²) in [5.41, 5.74) is 1.73. The number of halogens is 2. The summed E-state index contributed by atoms with van der Waals surface area (Å²) < 4.78 is 26.3. The molecule has 0 aliphatic heterocycles. The summed E-state index contributed by atoms with van der Waals surface area (Å²) in [6.07, 6.45) is 0. The number of carbonyl (C=O) groups is 1. The molecule has 0 radical (unpaired) electrons. The first-order valence-corrected chi connectivity index (χ1v) is 8.19. The van der Waals surface area contributed by atoms with Crippen LogP contribution < -0.4 is 5.32 Å². The minimum atomic E-state index is -0.936. The molecule has 1 N–H and O–H groups in total. The van der Waals surface area contributed by atoms with E-state index in [2.05, 4.69) is 10.3 Å². The maximum Gasteiger partial charge on any atom is 0.271 e. The van der Waals surface area contributed by atoms with Gasteiger partial charge in [0.25, 0.3) is 5.91 Å². The number of thiazole rings is 1. The fourth-order valence-corrected chi connectivity index (χ4v) is 3.03. The maximum absolute atomic E-state index is 13.3. The van der Waals surface area contributed by atoms with E-state index >= 15 is 0 Å². The Morgan fingerprint density at radius 1 is 1.12 bits per heavy atom. The number of aromatic nitrogens is 1. The van der Waals surface area contributed by atoms with Crippen LogP contribution in [0.2, 0.25) is 0 Å². The van der Waals surface area contributed by atoms with Crippen molar-refractivity contribution in [1.29, 1.82) is 0 Å². The van der Waals surface area contributed by atoms with Gasteiger partial charge in [-0.25, -0.2) is 13.8 Å². The Morgan fingerprint density at radius 2 is 1.88 bits per heavy atom. The average Bonchev–Trinajstić information content (AvgIpc) is 3.08. The SMILES string of the molecule is C[C@H](NC(=O)c1csc(-c2ccccc2)n1)c1ccc(F)c(F)c1. The summed E-state index contributed by atoms with van der Waals surface area (Å²) in [4.78, 5) is 16.6. The Labute approximate surface area is 142 Å². The van der Waals surface area contributed by atoms with Crippen LogP contribution in [0, 0.1) is 11.6 Å². The van der Waals surface area contributed by atoms with Crippen LogP contribution in [0.25, 0.3) is 10.6 Å². The van der Waals surface area contributed by atoms with Gasteiger partial charge in [0.1, 0.15) is 10.7 Å². The van der Waals surface area contributed by atoms with Crippen molar-refractivity contribution in [2.45, 2.75) is 13.0 Å².